The van der Waals surface area contributed by atoms with Gasteiger partial charge in [-0.2, -0.15) is 0 Å². The second-order valence-corrected chi connectivity index (χ2v) is 7.42. The molecule has 1 amide bonds. The fourth-order valence-electron chi connectivity index (χ4n) is 3.89. The summed E-state index contributed by atoms with van der Waals surface area (Å²) in [5.74, 6) is -0.0495. The molecule has 0 radical (unpaired) electrons. The minimum absolute atomic E-state index is 0.189. The van der Waals surface area contributed by atoms with Crippen LogP contribution in [0.15, 0.2) is 66.7 Å². The molecule has 0 atom stereocenters. The van der Waals surface area contributed by atoms with E-state index >= 15 is 0 Å². The van der Waals surface area contributed by atoms with Gasteiger partial charge in [0, 0.05) is 39.1 Å². The van der Waals surface area contributed by atoms with E-state index in [0.29, 0.717) is 12.8 Å². The first kappa shape index (κ1) is 18.6. The van der Waals surface area contributed by atoms with Gasteiger partial charge in [-0.25, -0.2) is 4.39 Å². The second-order valence-electron chi connectivity index (χ2n) is 7.42. The minimum Gasteiger partial charge on any atom is -0.340 e. The van der Waals surface area contributed by atoms with Crippen LogP contribution in [0.1, 0.15) is 17.5 Å². The highest BCUT2D eigenvalue weighted by atomic mass is 19.1. The minimum atomic E-state index is -0.239. The number of carbonyl (C=O) groups is 1. The molecule has 0 spiro atoms. The van der Waals surface area contributed by atoms with E-state index in [0.717, 1.165) is 38.3 Å². The molecule has 0 aromatic heterocycles. The van der Waals surface area contributed by atoms with Gasteiger partial charge in [-0.1, -0.05) is 54.6 Å². The number of piperazine rings is 1. The van der Waals surface area contributed by atoms with Crippen molar-refractivity contribution in [2.75, 3.05) is 26.2 Å². The van der Waals surface area contributed by atoms with Gasteiger partial charge in [0.15, 0.2) is 0 Å². The molecule has 4 rings (SSSR count). The number of fused-ring (bicyclic) bond motifs is 1. The van der Waals surface area contributed by atoms with Crippen LogP contribution in [-0.4, -0.2) is 41.9 Å². The molecule has 1 aliphatic rings. The Bertz CT molecular complexity index is 941. The highest BCUT2D eigenvalue weighted by molar-refractivity contribution is 5.85. The van der Waals surface area contributed by atoms with Crippen molar-refractivity contribution in [3.8, 4) is 0 Å². The van der Waals surface area contributed by atoms with Crippen LogP contribution in [0.4, 0.5) is 4.39 Å². The number of rotatable bonds is 5. The number of amides is 1. The summed E-state index contributed by atoms with van der Waals surface area (Å²) in [4.78, 5) is 16.9. The van der Waals surface area contributed by atoms with E-state index in [1.165, 1.54) is 28.5 Å². The van der Waals surface area contributed by atoms with E-state index in [1.54, 1.807) is 12.1 Å². The number of hydrogen-bond acceptors (Lipinski definition) is 2. The van der Waals surface area contributed by atoms with Gasteiger partial charge in [-0.15, -0.1) is 0 Å². The van der Waals surface area contributed by atoms with Gasteiger partial charge in [0.25, 0.3) is 0 Å². The molecule has 1 heterocycles. The molecule has 0 bridgehead atoms. The molecule has 0 saturated carbocycles. The summed E-state index contributed by atoms with van der Waals surface area (Å²) in [6.45, 7) is 4.25. The highest BCUT2D eigenvalue weighted by Gasteiger charge is 2.21. The van der Waals surface area contributed by atoms with Crippen LogP contribution in [0.3, 0.4) is 0 Å². The van der Waals surface area contributed by atoms with Crippen LogP contribution in [0.25, 0.3) is 10.8 Å². The maximum absolute atomic E-state index is 13.0. The summed E-state index contributed by atoms with van der Waals surface area (Å²) in [5.41, 5.74) is 2.35. The number of aryl methyl sites for hydroxylation is 1. The SMILES string of the molecule is O=C(CCc1ccc(F)cc1)N1CCN(Cc2cccc3ccccc23)CC1. The summed E-state index contributed by atoms with van der Waals surface area (Å²) in [7, 11) is 0. The molecule has 3 aromatic carbocycles. The Morgan fingerprint density at radius 2 is 1.57 bits per heavy atom. The van der Waals surface area contributed by atoms with Gasteiger partial charge in [0.1, 0.15) is 5.82 Å². The molecule has 0 unspecified atom stereocenters. The number of benzene rings is 3. The van der Waals surface area contributed by atoms with Crippen molar-refractivity contribution in [2.45, 2.75) is 19.4 Å². The topological polar surface area (TPSA) is 23.6 Å². The lowest BCUT2D eigenvalue weighted by atomic mass is 10.0. The van der Waals surface area contributed by atoms with Crippen molar-refractivity contribution < 1.29 is 9.18 Å². The summed E-state index contributed by atoms with van der Waals surface area (Å²) in [5, 5.41) is 2.58. The van der Waals surface area contributed by atoms with Crippen LogP contribution < -0.4 is 0 Å². The molecule has 144 valence electrons. The molecule has 0 aliphatic carbocycles. The maximum Gasteiger partial charge on any atom is 0.222 e. The fourth-order valence-corrected chi connectivity index (χ4v) is 3.89. The summed E-state index contributed by atoms with van der Waals surface area (Å²) in [6.07, 6.45) is 1.14. The molecule has 1 aliphatic heterocycles. The first-order valence-electron chi connectivity index (χ1n) is 9.90. The van der Waals surface area contributed by atoms with Crippen molar-refractivity contribution in [2.24, 2.45) is 0 Å². The normalized spacial score (nSPS) is 15.1. The average Bonchev–Trinajstić information content (AvgIpc) is 2.74. The third-order valence-electron chi connectivity index (χ3n) is 5.54. The van der Waals surface area contributed by atoms with E-state index < -0.39 is 0 Å². The van der Waals surface area contributed by atoms with Crippen LogP contribution >= 0.6 is 0 Å². The summed E-state index contributed by atoms with van der Waals surface area (Å²) in [6, 6.07) is 21.4. The zero-order valence-corrected chi connectivity index (χ0v) is 16.0. The Morgan fingerprint density at radius 1 is 0.857 bits per heavy atom. The largest absolute Gasteiger partial charge is 0.340 e. The monoisotopic (exact) mass is 376 g/mol. The molecule has 3 aromatic rings. The van der Waals surface area contributed by atoms with Crippen molar-refractivity contribution >= 4 is 16.7 Å². The Morgan fingerprint density at radius 3 is 2.36 bits per heavy atom. The van der Waals surface area contributed by atoms with Crippen LogP contribution in [0.5, 0.6) is 0 Å². The lowest BCUT2D eigenvalue weighted by Crippen LogP contribution is -2.48. The smallest absolute Gasteiger partial charge is 0.222 e. The second kappa shape index (κ2) is 8.53. The molecular formula is C24H25FN2O. The Balaban J connectivity index is 1.29. The lowest BCUT2D eigenvalue weighted by Gasteiger charge is -2.35. The first-order valence-corrected chi connectivity index (χ1v) is 9.90. The molecule has 28 heavy (non-hydrogen) atoms. The van der Waals surface area contributed by atoms with Gasteiger partial charge >= 0.3 is 0 Å². The predicted octanol–water partition coefficient (Wildman–Crippen LogP) is 4.26. The average molecular weight is 376 g/mol. The van der Waals surface area contributed by atoms with E-state index in [-0.39, 0.29) is 11.7 Å². The quantitative estimate of drug-likeness (QED) is 0.664. The Labute approximate surface area is 165 Å². The van der Waals surface area contributed by atoms with E-state index in [1.807, 2.05) is 4.90 Å². The number of carbonyl (C=O) groups excluding carboxylic acids is 1. The van der Waals surface area contributed by atoms with Gasteiger partial charge < -0.3 is 4.90 Å². The van der Waals surface area contributed by atoms with Crippen molar-refractivity contribution in [3.05, 3.63) is 83.7 Å². The lowest BCUT2D eigenvalue weighted by molar-refractivity contribution is -0.133. The van der Waals surface area contributed by atoms with Crippen LogP contribution in [0, 0.1) is 5.82 Å². The van der Waals surface area contributed by atoms with Crippen molar-refractivity contribution in [1.29, 1.82) is 0 Å². The van der Waals surface area contributed by atoms with E-state index in [2.05, 4.69) is 47.4 Å². The zero-order chi connectivity index (χ0) is 19.3. The standard InChI is InChI=1S/C24H25FN2O/c25-22-11-8-19(9-12-22)10-13-24(28)27-16-14-26(15-17-27)18-21-6-3-5-20-4-1-2-7-23(20)21/h1-9,11-12H,10,13-18H2. The highest BCUT2D eigenvalue weighted by Crippen LogP contribution is 2.20. The van der Waals surface area contributed by atoms with E-state index in [4.69, 9.17) is 0 Å². The zero-order valence-electron chi connectivity index (χ0n) is 16.0. The molecule has 1 saturated heterocycles. The van der Waals surface area contributed by atoms with Crippen molar-refractivity contribution in [1.82, 2.24) is 9.80 Å². The van der Waals surface area contributed by atoms with Gasteiger partial charge in [-0.3, -0.25) is 9.69 Å². The van der Waals surface area contributed by atoms with Crippen LogP contribution in [-0.2, 0) is 17.8 Å². The molecular weight excluding hydrogens is 351 g/mol. The van der Waals surface area contributed by atoms with Crippen molar-refractivity contribution in [3.63, 3.8) is 0 Å². The molecule has 3 nitrogen and oxygen atoms in total. The number of nitrogens with zero attached hydrogens (tertiary/aromatic N) is 2. The van der Waals surface area contributed by atoms with Gasteiger partial charge in [0.2, 0.25) is 5.91 Å². The number of hydrogen-bond donors (Lipinski definition) is 0. The third kappa shape index (κ3) is 4.39. The Hall–Kier alpha value is -2.72. The first-order chi connectivity index (χ1) is 13.7. The van der Waals surface area contributed by atoms with Gasteiger partial charge in [0.05, 0.1) is 0 Å². The fraction of sp³-hybridized carbons (Fsp3) is 0.292. The summed E-state index contributed by atoms with van der Waals surface area (Å²) >= 11 is 0. The predicted molar refractivity (Wildman–Crippen MR) is 111 cm³/mol. The van der Waals surface area contributed by atoms with E-state index in [9.17, 15) is 9.18 Å². The molecule has 1 fully saturated rings. The molecule has 0 N–H and O–H groups in total. The number of halogens is 1. The summed E-state index contributed by atoms with van der Waals surface area (Å²) < 4.78 is 13.0. The van der Waals surface area contributed by atoms with Gasteiger partial charge in [-0.05, 0) is 40.5 Å². The Kier molecular flexibility index (Phi) is 5.68. The third-order valence-corrected chi connectivity index (χ3v) is 5.54. The van der Waals surface area contributed by atoms with Crippen LogP contribution in [0.2, 0.25) is 0 Å². The maximum atomic E-state index is 13.0. The molecule has 4 heteroatoms.